The summed E-state index contributed by atoms with van der Waals surface area (Å²) < 4.78 is 6.90. The molecular formula is C16H19BrN2O. The van der Waals surface area contributed by atoms with Crippen molar-refractivity contribution in [1.29, 1.82) is 0 Å². The minimum atomic E-state index is 0.396. The van der Waals surface area contributed by atoms with Crippen molar-refractivity contribution in [3.63, 3.8) is 0 Å². The number of nitrogens with zero attached hydrogens (tertiary/aromatic N) is 1. The summed E-state index contributed by atoms with van der Waals surface area (Å²) in [5, 5.41) is 0. The Balaban J connectivity index is 2.35. The zero-order valence-corrected chi connectivity index (χ0v) is 13.4. The van der Waals surface area contributed by atoms with Crippen LogP contribution in [0.1, 0.15) is 37.3 Å². The van der Waals surface area contributed by atoms with Crippen molar-refractivity contribution in [3.8, 4) is 11.6 Å². The summed E-state index contributed by atoms with van der Waals surface area (Å²) in [5.41, 5.74) is 7.84. The lowest BCUT2D eigenvalue weighted by atomic mass is 9.98. The van der Waals surface area contributed by atoms with Crippen molar-refractivity contribution >= 4 is 15.9 Å². The fourth-order valence-corrected chi connectivity index (χ4v) is 2.39. The maximum Gasteiger partial charge on any atom is 0.223 e. The van der Waals surface area contributed by atoms with Gasteiger partial charge in [0, 0.05) is 22.8 Å². The molecule has 20 heavy (non-hydrogen) atoms. The van der Waals surface area contributed by atoms with Gasteiger partial charge in [-0.2, -0.15) is 0 Å². The molecule has 1 unspecified atom stereocenters. The van der Waals surface area contributed by atoms with E-state index in [0.717, 1.165) is 22.2 Å². The maximum absolute atomic E-state index is 6.00. The lowest BCUT2D eigenvalue weighted by molar-refractivity contribution is 0.446. The van der Waals surface area contributed by atoms with E-state index in [4.69, 9.17) is 10.5 Å². The number of halogens is 1. The predicted octanol–water partition coefficient (Wildman–Crippen LogP) is 4.61. The third kappa shape index (κ3) is 3.38. The van der Waals surface area contributed by atoms with Gasteiger partial charge in [-0.25, -0.2) is 4.98 Å². The molecule has 0 amide bonds. The van der Waals surface area contributed by atoms with Gasteiger partial charge in [-0.05, 0) is 46.0 Å². The van der Waals surface area contributed by atoms with Crippen LogP contribution in [0.3, 0.4) is 0 Å². The fraction of sp³-hybridized carbons (Fsp3) is 0.312. The Kier molecular flexibility index (Phi) is 5.15. The molecule has 1 heterocycles. The van der Waals surface area contributed by atoms with Crippen LogP contribution in [0.4, 0.5) is 0 Å². The SMILES string of the molecule is CCC(C)c1ccccc1Oc1ncc(Br)cc1CN. The van der Waals surface area contributed by atoms with E-state index < -0.39 is 0 Å². The average molecular weight is 335 g/mol. The number of hydrogen-bond acceptors (Lipinski definition) is 3. The molecule has 2 N–H and O–H groups in total. The monoisotopic (exact) mass is 334 g/mol. The van der Waals surface area contributed by atoms with E-state index in [9.17, 15) is 0 Å². The fourth-order valence-electron chi connectivity index (χ4n) is 2.01. The standard InChI is InChI=1S/C16H19BrN2O/c1-3-11(2)14-6-4-5-7-15(14)20-16-12(9-18)8-13(17)10-19-16/h4-8,10-11H,3,9,18H2,1-2H3. The number of benzene rings is 1. The summed E-state index contributed by atoms with van der Waals surface area (Å²) in [6, 6.07) is 10.0. The molecule has 0 aliphatic carbocycles. The highest BCUT2D eigenvalue weighted by atomic mass is 79.9. The lowest BCUT2D eigenvalue weighted by Crippen LogP contribution is -2.03. The molecule has 4 heteroatoms. The molecule has 2 rings (SSSR count). The first kappa shape index (κ1) is 15.0. The highest BCUT2D eigenvalue weighted by Gasteiger charge is 2.12. The van der Waals surface area contributed by atoms with Crippen molar-refractivity contribution in [2.75, 3.05) is 0 Å². The van der Waals surface area contributed by atoms with Gasteiger partial charge in [0.1, 0.15) is 5.75 Å². The molecule has 1 atom stereocenters. The zero-order valence-electron chi connectivity index (χ0n) is 11.8. The van der Waals surface area contributed by atoms with E-state index in [1.165, 1.54) is 5.56 Å². The van der Waals surface area contributed by atoms with Gasteiger partial charge in [0.15, 0.2) is 0 Å². The van der Waals surface area contributed by atoms with E-state index in [0.29, 0.717) is 18.3 Å². The summed E-state index contributed by atoms with van der Waals surface area (Å²) in [6.07, 6.45) is 2.79. The van der Waals surface area contributed by atoms with Crippen LogP contribution in [-0.4, -0.2) is 4.98 Å². The van der Waals surface area contributed by atoms with Gasteiger partial charge in [0.05, 0.1) is 0 Å². The van der Waals surface area contributed by atoms with Gasteiger partial charge in [-0.15, -0.1) is 0 Å². The van der Waals surface area contributed by atoms with Gasteiger partial charge < -0.3 is 10.5 Å². The van der Waals surface area contributed by atoms with Crippen molar-refractivity contribution in [3.05, 3.63) is 52.1 Å². The van der Waals surface area contributed by atoms with E-state index in [1.54, 1.807) is 6.20 Å². The molecule has 1 aromatic heterocycles. The molecular weight excluding hydrogens is 316 g/mol. The number of hydrogen-bond donors (Lipinski definition) is 1. The van der Waals surface area contributed by atoms with Crippen LogP contribution in [0, 0.1) is 0 Å². The Labute approximate surface area is 128 Å². The summed E-state index contributed by atoms with van der Waals surface area (Å²) in [7, 11) is 0. The Bertz CT molecular complexity index is 586. The molecule has 0 spiro atoms. The van der Waals surface area contributed by atoms with Crippen molar-refractivity contribution in [2.45, 2.75) is 32.7 Å². The van der Waals surface area contributed by atoms with Crippen molar-refractivity contribution < 1.29 is 4.74 Å². The summed E-state index contributed by atoms with van der Waals surface area (Å²) in [4.78, 5) is 4.32. The Morgan fingerprint density at radius 3 is 2.80 bits per heavy atom. The Morgan fingerprint density at radius 1 is 1.35 bits per heavy atom. The number of para-hydroxylation sites is 1. The van der Waals surface area contributed by atoms with Gasteiger partial charge in [0.2, 0.25) is 5.88 Å². The summed E-state index contributed by atoms with van der Waals surface area (Å²) in [6.45, 7) is 4.76. The first-order valence-electron chi connectivity index (χ1n) is 6.77. The molecule has 2 aromatic rings. The van der Waals surface area contributed by atoms with Crippen LogP contribution in [-0.2, 0) is 6.54 Å². The van der Waals surface area contributed by atoms with Crippen molar-refractivity contribution in [1.82, 2.24) is 4.98 Å². The van der Waals surface area contributed by atoms with Crippen molar-refractivity contribution in [2.24, 2.45) is 5.73 Å². The first-order valence-corrected chi connectivity index (χ1v) is 7.56. The number of nitrogens with two attached hydrogens (primary N) is 1. The molecule has 0 saturated carbocycles. The molecule has 0 saturated heterocycles. The molecule has 0 aliphatic rings. The van der Waals surface area contributed by atoms with E-state index >= 15 is 0 Å². The van der Waals surface area contributed by atoms with Gasteiger partial charge in [-0.3, -0.25) is 0 Å². The van der Waals surface area contributed by atoms with Crippen LogP contribution < -0.4 is 10.5 Å². The number of ether oxygens (including phenoxy) is 1. The zero-order chi connectivity index (χ0) is 14.5. The van der Waals surface area contributed by atoms with E-state index in [1.807, 2.05) is 24.3 Å². The first-order chi connectivity index (χ1) is 9.65. The van der Waals surface area contributed by atoms with Gasteiger partial charge in [-0.1, -0.05) is 32.0 Å². The lowest BCUT2D eigenvalue weighted by Gasteiger charge is -2.16. The molecule has 0 radical (unpaired) electrons. The van der Waals surface area contributed by atoms with E-state index in [2.05, 4.69) is 40.8 Å². The normalized spacial score (nSPS) is 12.2. The molecule has 1 aromatic carbocycles. The molecule has 0 bridgehead atoms. The third-order valence-corrected chi connectivity index (χ3v) is 3.81. The van der Waals surface area contributed by atoms with Gasteiger partial charge in [0.25, 0.3) is 0 Å². The second kappa shape index (κ2) is 6.86. The quantitative estimate of drug-likeness (QED) is 0.868. The van der Waals surface area contributed by atoms with Gasteiger partial charge >= 0.3 is 0 Å². The summed E-state index contributed by atoms with van der Waals surface area (Å²) >= 11 is 3.40. The van der Waals surface area contributed by atoms with Crippen LogP contribution in [0.2, 0.25) is 0 Å². The highest BCUT2D eigenvalue weighted by Crippen LogP contribution is 2.32. The molecule has 0 fully saturated rings. The second-order valence-corrected chi connectivity index (χ2v) is 5.69. The molecule has 3 nitrogen and oxygen atoms in total. The highest BCUT2D eigenvalue weighted by molar-refractivity contribution is 9.10. The van der Waals surface area contributed by atoms with Crippen LogP contribution >= 0.6 is 15.9 Å². The predicted molar refractivity (Wildman–Crippen MR) is 85.1 cm³/mol. The molecule has 106 valence electrons. The second-order valence-electron chi connectivity index (χ2n) is 4.77. The van der Waals surface area contributed by atoms with E-state index in [-0.39, 0.29) is 0 Å². The minimum absolute atomic E-state index is 0.396. The largest absolute Gasteiger partial charge is 0.438 e. The minimum Gasteiger partial charge on any atom is -0.438 e. The number of pyridine rings is 1. The maximum atomic E-state index is 6.00. The third-order valence-electron chi connectivity index (χ3n) is 3.38. The molecule has 0 aliphatic heterocycles. The average Bonchev–Trinajstić information content (AvgIpc) is 2.48. The van der Waals surface area contributed by atoms with Crippen LogP contribution in [0.5, 0.6) is 11.6 Å². The van der Waals surface area contributed by atoms with Crippen LogP contribution in [0.25, 0.3) is 0 Å². The number of rotatable bonds is 5. The Morgan fingerprint density at radius 2 is 2.10 bits per heavy atom. The number of aromatic nitrogens is 1. The van der Waals surface area contributed by atoms with Crippen LogP contribution in [0.15, 0.2) is 41.0 Å². The summed E-state index contributed by atoms with van der Waals surface area (Å²) in [5.74, 6) is 1.88. The topological polar surface area (TPSA) is 48.1 Å². The smallest absolute Gasteiger partial charge is 0.223 e. The Hall–Kier alpha value is -1.39.